The first kappa shape index (κ1) is 17.2. The number of thiophene rings is 1. The van der Waals surface area contributed by atoms with Crippen LogP contribution >= 0.6 is 11.3 Å². The van der Waals surface area contributed by atoms with E-state index in [2.05, 4.69) is 48.1 Å². The molecule has 4 nitrogen and oxygen atoms in total. The Hall–Kier alpha value is -2.24. The largest absolute Gasteiger partial charge is 0.310 e. The Kier molecular flexibility index (Phi) is 4.74. The van der Waals surface area contributed by atoms with Crippen molar-refractivity contribution in [3.8, 4) is 0 Å². The molecule has 26 heavy (non-hydrogen) atoms. The summed E-state index contributed by atoms with van der Waals surface area (Å²) in [6.45, 7) is 7.23. The quantitative estimate of drug-likeness (QED) is 0.705. The fourth-order valence-electron chi connectivity index (χ4n) is 3.63. The maximum Gasteiger partial charge on any atom is 0.262 e. The zero-order valence-corrected chi connectivity index (χ0v) is 15.8. The SMILES string of the molecule is C=CCN[C@H]1CCc2c(sc3ncn(Cc4ccc(C)cc4)c(=O)c23)C1. The fraction of sp³-hybridized carbons (Fsp3) is 0.333. The molecule has 2 heterocycles. The second-order valence-electron chi connectivity index (χ2n) is 6.98. The van der Waals surface area contributed by atoms with E-state index in [1.807, 2.05) is 6.08 Å². The molecular weight excluding hydrogens is 342 g/mol. The van der Waals surface area contributed by atoms with Crippen LogP contribution in [0, 0.1) is 6.92 Å². The van der Waals surface area contributed by atoms with E-state index in [-0.39, 0.29) is 5.56 Å². The van der Waals surface area contributed by atoms with Gasteiger partial charge in [-0.3, -0.25) is 9.36 Å². The molecule has 0 bridgehead atoms. The van der Waals surface area contributed by atoms with Gasteiger partial charge in [-0.1, -0.05) is 35.9 Å². The standard InChI is InChI=1S/C21H23N3OS/c1-3-10-22-16-8-9-17-18(11-16)26-20-19(17)21(25)24(13-23-20)12-15-6-4-14(2)5-7-15/h3-7,13,16,22H,1,8-12H2,2H3/t16-/m0/s1. The molecule has 4 rings (SSSR count). The summed E-state index contributed by atoms with van der Waals surface area (Å²) in [5.41, 5.74) is 3.65. The van der Waals surface area contributed by atoms with Crippen LogP contribution in [0.3, 0.4) is 0 Å². The van der Waals surface area contributed by atoms with Crippen LogP contribution in [0.2, 0.25) is 0 Å². The van der Waals surface area contributed by atoms with Gasteiger partial charge in [0.1, 0.15) is 4.83 Å². The molecule has 0 radical (unpaired) electrons. The predicted molar refractivity (Wildman–Crippen MR) is 108 cm³/mol. The van der Waals surface area contributed by atoms with E-state index >= 15 is 0 Å². The number of nitrogens with zero attached hydrogens (tertiary/aromatic N) is 2. The van der Waals surface area contributed by atoms with Crippen molar-refractivity contribution < 1.29 is 0 Å². The van der Waals surface area contributed by atoms with Gasteiger partial charge in [-0.25, -0.2) is 4.98 Å². The summed E-state index contributed by atoms with van der Waals surface area (Å²) >= 11 is 1.68. The van der Waals surface area contributed by atoms with Gasteiger partial charge >= 0.3 is 0 Å². The van der Waals surface area contributed by atoms with Crippen LogP contribution in [-0.2, 0) is 19.4 Å². The highest BCUT2D eigenvalue weighted by Crippen LogP contribution is 2.33. The normalized spacial score (nSPS) is 16.6. The first-order valence-corrected chi connectivity index (χ1v) is 9.87. The predicted octanol–water partition coefficient (Wildman–Crippen LogP) is 3.45. The first-order valence-electron chi connectivity index (χ1n) is 9.05. The van der Waals surface area contributed by atoms with E-state index in [1.165, 1.54) is 16.0 Å². The lowest BCUT2D eigenvalue weighted by atomic mass is 9.93. The lowest BCUT2D eigenvalue weighted by molar-refractivity contribution is 0.485. The molecule has 1 atom stereocenters. The van der Waals surface area contributed by atoms with Gasteiger partial charge < -0.3 is 5.32 Å². The Morgan fingerprint density at radius 3 is 2.96 bits per heavy atom. The number of aryl methyl sites for hydroxylation is 2. The number of fused-ring (bicyclic) bond motifs is 3. The Morgan fingerprint density at radius 2 is 2.19 bits per heavy atom. The molecule has 1 aliphatic carbocycles. The summed E-state index contributed by atoms with van der Waals surface area (Å²) in [4.78, 5) is 19.9. The van der Waals surface area contributed by atoms with E-state index in [0.29, 0.717) is 12.6 Å². The maximum absolute atomic E-state index is 13.1. The third-order valence-electron chi connectivity index (χ3n) is 5.06. The Morgan fingerprint density at radius 1 is 1.38 bits per heavy atom. The molecule has 0 amide bonds. The molecule has 1 aliphatic rings. The summed E-state index contributed by atoms with van der Waals surface area (Å²) in [5.74, 6) is 0. The smallest absolute Gasteiger partial charge is 0.262 e. The van der Waals surface area contributed by atoms with Gasteiger partial charge in [0.25, 0.3) is 5.56 Å². The Balaban J connectivity index is 1.67. The van der Waals surface area contributed by atoms with Crippen molar-refractivity contribution >= 4 is 21.6 Å². The minimum Gasteiger partial charge on any atom is -0.310 e. The topological polar surface area (TPSA) is 46.9 Å². The van der Waals surface area contributed by atoms with Gasteiger partial charge in [-0.05, 0) is 37.3 Å². The van der Waals surface area contributed by atoms with Crippen molar-refractivity contribution in [1.82, 2.24) is 14.9 Å². The maximum atomic E-state index is 13.1. The van der Waals surface area contributed by atoms with Crippen LogP contribution in [0.25, 0.3) is 10.2 Å². The van der Waals surface area contributed by atoms with E-state index < -0.39 is 0 Å². The lowest BCUT2D eigenvalue weighted by Gasteiger charge is -2.22. The number of aromatic nitrogens is 2. The zero-order chi connectivity index (χ0) is 18.1. The van der Waals surface area contributed by atoms with E-state index in [9.17, 15) is 4.79 Å². The van der Waals surface area contributed by atoms with Gasteiger partial charge in [0, 0.05) is 17.5 Å². The minimum absolute atomic E-state index is 0.0885. The summed E-state index contributed by atoms with van der Waals surface area (Å²) in [6, 6.07) is 8.77. The van der Waals surface area contributed by atoms with Crippen LogP contribution in [-0.4, -0.2) is 22.1 Å². The Labute approximate surface area is 157 Å². The molecule has 5 heteroatoms. The second-order valence-corrected chi connectivity index (χ2v) is 8.07. The highest BCUT2D eigenvalue weighted by molar-refractivity contribution is 7.18. The molecule has 3 aromatic rings. The van der Waals surface area contributed by atoms with Gasteiger partial charge in [0.2, 0.25) is 0 Å². The molecule has 0 fully saturated rings. The molecule has 0 spiro atoms. The van der Waals surface area contributed by atoms with Crippen molar-refractivity contribution in [2.24, 2.45) is 0 Å². The number of hydrogen-bond acceptors (Lipinski definition) is 4. The highest BCUT2D eigenvalue weighted by atomic mass is 32.1. The molecule has 0 unspecified atom stereocenters. The summed E-state index contributed by atoms with van der Waals surface area (Å²) < 4.78 is 1.74. The van der Waals surface area contributed by atoms with Gasteiger partial charge in [0.05, 0.1) is 18.3 Å². The van der Waals surface area contributed by atoms with Crippen molar-refractivity contribution in [1.29, 1.82) is 0 Å². The van der Waals surface area contributed by atoms with Gasteiger partial charge in [-0.2, -0.15) is 0 Å². The summed E-state index contributed by atoms with van der Waals surface area (Å²) in [6.07, 6.45) is 6.56. The summed E-state index contributed by atoms with van der Waals surface area (Å²) in [7, 11) is 0. The third kappa shape index (κ3) is 3.24. The molecule has 2 aromatic heterocycles. The fourth-order valence-corrected chi connectivity index (χ4v) is 4.89. The van der Waals surface area contributed by atoms with E-state index in [4.69, 9.17) is 0 Å². The van der Waals surface area contributed by atoms with Crippen LogP contribution in [0.4, 0.5) is 0 Å². The van der Waals surface area contributed by atoms with Crippen LogP contribution in [0.5, 0.6) is 0 Å². The van der Waals surface area contributed by atoms with Crippen molar-refractivity contribution in [2.45, 2.75) is 38.8 Å². The number of benzene rings is 1. The third-order valence-corrected chi connectivity index (χ3v) is 6.22. The number of hydrogen-bond donors (Lipinski definition) is 1. The average molecular weight is 366 g/mol. The van der Waals surface area contributed by atoms with E-state index in [1.54, 1.807) is 22.2 Å². The van der Waals surface area contributed by atoms with Crippen molar-refractivity contribution in [3.05, 3.63) is 75.2 Å². The molecule has 0 aliphatic heterocycles. The zero-order valence-electron chi connectivity index (χ0n) is 15.0. The van der Waals surface area contributed by atoms with Crippen LogP contribution in [0.1, 0.15) is 28.0 Å². The van der Waals surface area contributed by atoms with Crippen LogP contribution in [0.15, 0.2) is 48.0 Å². The second kappa shape index (κ2) is 7.17. The molecule has 1 N–H and O–H groups in total. The first-order chi connectivity index (χ1) is 12.7. The highest BCUT2D eigenvalue weighted by Gasteiger charge is 2.24. The number of nitrogens with one attached hydrogen (secondary N) is 1. The Bertz CT molecular complexity index is 1000. The average Bonchev–Trinajstić information content (AvgIpc) is 3.02. The van der Waals surface area contributed by atoms with Gasteiger partial charge in [0.15, 0.2) is 0 Å². The van der Waals surface area contributed by atoms with Crippen LogP contribution < -0.4 is 10.9 Å². The van der Waals surface area contributed by atoms with E-state index in [0.717, 1.165) is 41.6 Å². The van der Waals surface area contributed by atoms with Crippen molar-refractivity contribution in [3.63, 3.8) is 0 Å². The minimum atomic E-state index is 0.0885. The molecule has 1 aromatic carbocycles. The van der Waals surface area contributed by atoms with Crippen molar-refractivity contribution in [2.75, 3.05) is 6.54 Å². The molecule has 0 saturated carbocycles. The molecule has 134 valence electrons. The summed E-state index contributed by atoms with van der Waals surface area (Å²) in [5, 5.41) is 4.34. The monoisotopic (exact) mass is 365 g/mol. The van der Waals surface area contributed by atoms with Gasteiger partial charge in [-0.15, -0.1) is 17.9 Å². The molecule has 0 saturated heterocycles. The lowest BCUT2D eigenvalue weighted by Crippen LogP contribution is -2.34. The molecular formula is C21H23N3OS. The number of rotatable bonds is 5.